The lowest BCUT2D eigenvalue weighted by atomic mass is 10.0. The van der Waals surface area contributed by atoms with Crippen LogP contribution in [0.25, 0.3) is 0 Å². The highest BCUT2D eigenvalue weighted by Crippen LogP contribution is 2.20. The minimum atomic E-state index is 0. The van der Waals surface area contributed by atoms with Crippen LogP contribution in [0.3, 0.4) is 0 Å². The third-order valence-corrected chi connectivity index (χ3v) is 2.28. The molecule has 1 aromatic carbocycles. The fourth-order valence-corrected chi connectivity index (χ4v) is 1.47. The molecule has 3 heteroatoms. The van der Waals surface area contributed by atoms with Crippen molar-refractivity contribution in [3.63, 3.8) is 0 Å². The molecule has 0 heterocycles. The molecule has 0 aliphatic carbocycles. The van der Waals surface area contributed by atoms with Gasteiger partial charge in [0.1, 0.15) is 5.75 Å². The highest BCUT2D eigenvalue weighted by atomic mass is 35.5. The van der Waals surface area contributed by atoms with E-state index in [1.807, 2.05) is 37.3 Å². The average Bonchev–Trinajstić information content (AvgIpc) is 2.27. The molecule has 0 saturated heterocycles. The Morgan fingerprint density at radius 2 is 2.25 bits per heavy atom. The molecule has 1 atom stereocenters. The molecule has 0 unspecified atom stereocenters. The van der Waals surface area contributed by atoms with Crippen molar-refractivity contribution in [2.45, 2.75) is 25.8 Å². The van der Waals surface area contributed by atoms with E-state index in [1.165, 1.54) is 0 Å². The highest BCUT2D eigenvalue weighted by molar-refractivity contribution is 5.85. The lowest BCUT2D eigenvalue weighted by Gasteiger charge is -2.12. The van der Waals surface area contributed by atoms with E-state index in [1.54, 1.807) is 0 Å². The minimum absolute atomic E-state index is 0. The van der Waals surface area contributed by atoms with Gasteiger partial charge < -0.3 is 10.5 Å². The molecule has 90 valence electrons. The molecule has 1 rings (SSSR count). The van der Waals surface area contributed by atoms with Gasteiger partial charge in [0.25, 0.3) is 0 Å². The van der Waals surface area contributed by atoms with Gasteiger partial charge in [0.15, 0.2) is 0 Å². The molecule has 16 heavy (non-hydrogen) atoms. The van der Waals surface area contributed by atoms with E-state index >= 15 is 0 Å². The van der Waals surface area contributed by atoms with Crippen molar-refractivity contribution in [3.05, 3.63) is 42.5 Å². The Morgan fingerprint density at radius 1 is 1.50 bits per heavy atom. The summed E-state index contributed by atoms with van der Waals surface area (Å²) in [5, 5.41) is 0. The normalized spacial score (nSPS) is 11.4. The molecular weight excluding hydrogens is 222 g/mol. The van der Waals surface area contributed by atoms with Gasteiger partial charge in [-0.1, -0.05) is 18.2 Å². The van der Waals surface area contributed by atoms with Crippen molar-refractivity contribution < 1.29 is 4.74 Å². The smallest absolute Gasteiger partial charge is 0.119 e. The van der Waals surface area contributed by atoms with Crippen molar-refractivity contribution in [2.75, 3.05) is 6.61 Å². The summed E-state index contributed by atoms with van der Waals surface area (Å²) in [6, 6.07) is 8.05. The average molecular weight is 242 g/mol. The molecule has 0 saturated carbocycles. The van der Waals surface area contributed by atoms with Crippen LogP contribution in [0.5, 0.6) is 5.75 Å². The summed E-state index contributed by atoms with van der Waals surface area (Å²) >= 11 is 0. The molecule has 0 aliphatic heterocycles. The number of hydrogen-bond donors (Lipinski definition) is 1. The molecule has 1 aromatic rings. The quantitative estimate of drug-likeness (QED) is 0.774. The summed E-state index contributed by atoms with van der Waals surface area (Å²) in [5.74, 6) is 0.893. The number of rotatable bonds is 6. The SMILES string of the molecule is C=CCC[C@@H](N)c1cccc(OCC)c1.Cl. The van der Waals surface area contributed by atoms with Crippen LogP contribution in [0.4, 0.5) is 0 Å². The molecular formula is C13H20ClNO. The number of hydrogen-bond acceptors (Lipinski definition) is 2. The Morgan fingerprint density at radius 3 is 2.88 bits per heavy atom. The third kappa shape index (κ3) is 4.69. The Bertz CT molecular complexity index is 315. The molecule has 0 fully saturated rings. The molecule has 0 aromatic heterocycles. The van der Waals surface area contributed by atoms with E-state index in [2.05, 4.69) is 6.58 Å². The maximum Gasteiger partial charge on any atom is 0.119 e. The monoisotopic (exact) mass is 241 g/mol. The van der Waals surface area contributed by atoms with Crippen LogP contribution in [-0.4, -0.2) is 6.61 Å². The number of halogens is 1. The Balaban J connectivity index is 0.00000225. The van der Waals surface area contributed by atoms with Crippen molar-refractivity contribution >= 4 is 12.4 Å². The number of allylic oxidation sites excluding steroid dienone is 1. The predicted molar refractivity (Wildman–Crippen MR) is 71.2 cm³/mol. The van der Waals surface area contributed by atoms with Crippen molar-refractivity contribution in [2.24, 2.45) is 5.73 Å². The summed E-state index contributed by atoms with van der Waals surface area (Å²) in [6.45, 7) is 6.36. The molecule has 0 spiro atoms. The largest absolute Gasteiger partial charge is 0.494 e. The maximum atomic E-state index is 6.04. The van der Waals surface area contributed by atoms with Crippen LogP contribution in [0.15, 0.2) is 36.9 Å². The van der Waals surface area contributed by atoms with Crippen LogP contribution in [0.2, 0.25) is 0 Å². The summed E-state index contributed by atoms with van der Waals surface area (Å²) in [7, 11) is 0. The fourth-order valence-electron chi connectivity index (χ4n) is 1.47. The summed E-state index contributed by atoms with van der Waals surface area (Å²) < 4.78 is 5.43. The summed E-state index contributed by atoms with van der Waals surface area (Å²) in [4.78, 5) is 0. The van der Waals surface area contributed by atoms with Crippen molar-refractivity contribution in [1.29, 1.82) is 0 Å². The third-order valence-electron chi connectivity index (χ3n) is 2.28. The topological polar surface area (TPSA) is 35.2 Å². The van der Waals surface area contributed by atoms with E-state index in [-0.39, 0.29) is 18.4 Å². The lowest BCUT2D eigenvalue weighted by Crippen LogP contribution is -2.09. The van der Waals surface area contributed by atoms with E-state index in [0.29, 0.717) is 6.61 Å². The first-order valence-electron chi connectivity index (χ1n) is 5.37. The standard InChI is InChI=1S/C13H19NO.ClH/c1-3-5-9-13(14)11-7-6-8-12(10-11)15-4-2;/h3,6-8,10,13H,1,4-5,9,14H2,2H3;1H/t13-;/m1./s1. The maximum absolute atomic E-state index is 6.04. The zero-order chi connectivity index (χ0) is 11.1. The molecule has 0 amide bonds. The van der Waals surface area contributed by atoms with E-state index in [0.717, 1.165) is 24.2 Å². The van der Waals surface area contributed by atoms with Gasteiger partial charge in [-0.15, -0.1) is 19.0 Å². The number of ether oxygens (including phenoxy) is 1. The minimum Gasteiger partial charge on any atom is -0.494 e. The van der Waals surface area contributed by atoms with Crippen LogP contribution in [-0.2, 0) is 0 Å². The van der Waals surface area contributed by atoms with Gasteiger partial charge in [-0.25, -0.2) is 0 Å². The van der Waals surface area contributed by atoms with Crippen molar-refractivity contribution in [1.82, 2.24) is 0 Å². The molecule has 2 N–H and O–H groups in total. The first-order valence-corrected chi connectivity index (χ1v) is 5.37. The van der Waals surface area contributed by atoms with Gasteiger partial charge >= 0.3 is 0 Å². The first kappa shape index (κ1) is 15.0. The number of nitrogens with two attached hydrogens (primary N) is 1. The fraction of sp³-hybridized carbons (Fsp3) is 0.385. The Kier molecular flexibility index (Phi) is 7.69. The van der Waals surface area contributed by atoms with Gasteiger partial charge in [0.2, 0.25) is 0 Å². The van der Waals surface area contributed by atoms with Crippen LogP contribution < -0.4 is 10.5 Å². The first-order chi connectivity index (χ1) is 7.27. The summed E-state index contributed by atoms with van der Waals surface area (Å²) in [5.41, 5.74) is 7.17. The second kappa shape index (κ2) is 8.20. The van der Waals surface area contributed by atoms with E-state index in [9.17, 15) is 0 Å². The van der Waals surface area contributed by atoms with Gasteiger partial charge in [0.05, 0.1) is 6.61 Å². The lowest BCUT2D eigenvalue weighted by molar-refractivity contribution is 0.339. The number of benzene rings is 1. The Hall–Kier alpha value is -0.990. The van der Waals surface area contributed by atoms with Gasteiger partial charge in [-0.2, -0.15) is 0 Å². The second-order valence-electron chi connectivity index (χ2n) is 3.48. The summed E-state index contributed by atoms with van der Waals surface area (Å²) in [6.07, 6.45) is 3.77. The van der Waals surface area contributed by atoms with Crippen molar-refractivity contribution in [3.8, 4) is 5.75 Å². The Labute approximate surface area is 104 Å². The molecule has 0 bridgehead atoms. The second-order valence-corrected chi connectivity index (χ2v) is 3.48. The van der Waals surface area contributed by atoms with Gasteiger partial charge in [-0.05, 0) is 37.5 Å². The molecule has 2 nitrogen and oxygen atoms in total. The van der Waals surface area contributed by atoms with E-state index < -0.39 is 0 Å². The van der Waals surface area contributed by atoms with E-state index in [4.69, 9.17) is 10.5 Å². The zero-order valence-electron chi connectivity index (χ0n) is 9.69. The van der Waals surface area contributed by atoms with Gasteiger partial charge in [0, 0.05) is 6.04 Å². The molecule has 0 radical (unpaired) electrons. The van der Waals surface area contributed by atoms with Gasteiger partial charge in [-0.3, -0.25) is 0 Å². The predicted octanol–water partition coefficient (Wildman–Crippen LogP) is 3.47. The van der Waals surface area contributed by atoms with Crippen LogP contribution in [0.1, 0.15) is 31.4 Å². The zero-order valence-corrected chi connectivity index (χ0v) is 10.5. The van der Waals surface area contributed by atoms with Crippen LogP contribution >= 0.6 is 12.4 Å². The highest BCUT2D eigenvalue weighted by Gasteiger charge is 2.05. The molecule has 0 aliphatic rings. The van der Waals surface area contributed by atoms with Crippen LogP contribution in [0, 0.1) is 0 Å².